The first kappa shape index (κ1) is 14.7. The van der Waals surface area contributed by atoms with Gasteiger partial charge in [-0.25, -0.2) is 4.39 Å². The summed E-state index contributed by atoms with van der Waals surface area (Å²) in [6, 6.07) is 5.09. The molecule has 0 amide bonds. The molecule has 3 heteroatoms. The normalized spacial score (nSPS) is 13.1. The summed E-state index contributed by atoms with van der Waals surface area (Å²) < 4.78 is 14.2. The highest BCUT2D eigenvalue weighted by Gasteiger charge is 2.13. The van der Waals surface area contributed by atoms with Crippen molar-refractivity contribution in [2.45, 2.75) is 39.2 Å². The minimum absolute atomic E-state index is 0.174. The van der Waals surface area contributed by atoms with Crippen LogP contribution in [0.2, 0.25) is 0 Å². The fourth-order valence-corrected chi connectivity index (χ4v) is 2.49. The van der Waals surface area contributed by atoms with Crippen molar-refractivity contribution < 1.29 is 4.39 Å². The van der Waals surface area contributed by atoms with Gasteiger partial charge in [0.15, 0.2) is 0 Å². The van der Waals surface area contributed by atoms with E-state index in [9.17, 15) is 4.39 Å². The highest BCUT2D eigenvalue weighted by Crippen LogP contribution is 2.28. The van der Waals surface area contributed by atoms with E-state index in [1.54, 1.807) is 12.1 Å². The van der Waals surface area contributed by atoms with E-state index >= 15 is 0 Å². The summed E-state index contributed by atoms with van der Waals surface area (Å²) in [5, 5.41) is 3.26. The lowest BCUT2D eigenvalue weighted by molar-refractivity contribution is 0.468. The maximum atomic E-state index is 13.2. The van der Waals surface area contributed by atoms with Gasteiger partial charge in [-0.2, -0.15) is 0 Å². The van der Waals surface area contributed by atoms with Crippen LogP contribution in [-0.2, 0) is 0 Å². The molecule has 1 rings (SSSR count). The van der Waals surface area contributed by atoms with E-state index in [2.05, 4.69) is 35.1 Å². The van der Waals surface area contributed by atoms with Gasteiger partial charge in [-0.05, 0) is 43.1 Å². The largest absolute Gasteiger partial charge is 0.313 e. The molecule has 1 nitrogen and oxygen atoms in total. The quantitative estimate of drug-likeness (QED) is 0.805. The van der Waals surface area contributed by atoms with Gasteiger partial charge in [-0.3, -0.25) is 0 Å². The molecule has 96 valence electrons. The van der Waals surface area contributed by atoms with Crippen LogP contribution in [0.15, 0.2) is 22.7 Å². The van der Waals surface area contributed by atoms with Crippen LogP contribution in [0.4, 0.5) is 4.39 Å². The number of nitrogens with one attached hydrogen (secondary N) is 1. The molecule has 1 atom stereocenters. The Morgan fingerprint density at radius 1 is 1.29 bits per heavy atom. The molecule has 0 radical (unpaired) electrons. The molecule has 0 aliphatic heterocycles. The molecule has 0 saturated carbocycles. The summed E-state index contributed by atoms with van der Waals surface area (Å²) in [5.74, 6) is 0.552. The van der Waals surface area contributed by atoms with Gasteiger partial charge < -0.3 is 5.32 Å². The maximum Gasteiger partial charge on any atom is 0.123 e. The predicted octanol–water partition coefficient (Wildman–Crippen LogP) is 4.68. The molecular weight excluding hydrogens is 281 g/mol. The zero-order chi connectivity index (χ0) is 12.8. The molecule has 0 spiro atoms. The lowest BCUT2D eigenvalue weighted by atomic mass is 9.98. The Kier molecular flexibility index (Phi) is 6.14. The summed E-state index contributed by atoms with van der Waals surface area (Å²) in [7, 11) is 1.93. The van der Waals surface area contributed by atoms with Gasteiger partial charge in [-0.1, -0.05) is 42.6 Å². The molecular formula is C14H21BrFN. The van der Waals surface area contributed by atoms with Gasteiger partial charge in [0.25, 0.3) is 0 Å². The fourth-order valence-electron chi connectivity index (χ4n) is 1.97. The molecule has 0 heterocycles. The monoisotopic (exact) mass is 301 g/mol. The topological polar surface area (TPSA) is 12.0 Å². The second-order valence-electron chi connectivity index (χ2n) is 4.83. The van der Waals surface area contributed by atoms with Crippen molar-refractivity contribution in [2.75, 3.05) is 7.05 Å². The zero-order valence-corrected chi connectivity index (χ0v) is 12.3. The molecule has 17 heavy (non-hydrogen) atoms. The summed E-state index contributed by atoms with van der Waals surface area (Å²) in [4.78, 5) is 0. The van der Waals surface area contributed by atoms with Gasteiger partial charge in [-0.15, -0.1) is 0 Å². The Morgan fingerprint density at radius 2 is 2.00 bits per heavy atom. The average molecular weight is 302 g/mol. The Bertz CT molecular complexity index is 352. The molecule has 1 N–H and O–H groups in total. The summed E-state index contributed by atoms with van der Waals surface area (Å²) >= 11 is 3.49. The van der Waals surface area contributed by atoms with Crippen molar-refractivity contribution in [2.24, 2.45) is 5.92 Å². The van der Waals surface area contributed by atoms with Crippen LogP contribution in [0.25, 0.3) is 0 Å². The van der Waals surface area contributed by atoms with Crippen LogP contribution < -0.4 is 5.32 Å². The standard InChI is InChI=1S/C14H21BrFN/c1-10(2)5-4-6-14(17-3)12-9-11(16)7-8-13(12)15/h7-10,14,17H,4-6H2,1-3H3. The van der Waals surface area contributed by atoms with Crippen LogP contribution in [0.3, 0.4) is 0 Å². The minimum Gasteiger partial charge on any atom is -0.313 e. The average Bonchev–Trinajstić information content (AvgIpc) is 2.28. The smallest absolute Gasteiger partial charge is 0.123 e. The lowest BCUT2D eigenvalue weighted by Crippen LogP contribution is -2.17. The van der Waals surface area contributed by atoms with Gasteiger partial charge in [0.1, 0.15) is 5.82 Å². The molecule has 0 bridgehead atoms. The molecule has 0 saturated heterocycles. The lowest BCUT2D eigenvalue weighted by Gasteiger charge is -2.18. The van der Waals surface area contributed by atoms with Crippen LogP contribution in [0.5, 0.6) is 0 Å². The van der Waals surface area contributed by atoms with E-state index < -0.39 is 0 Å². The third kappa shape index (κ3) is 4.76. The second-order valence-corrected chi connectivity index (χ2v) is 5.69. The van der Waals surface area contributed by atoms with E-state index in [0.717, 1.165) is 28.8 Å². The predicted molar refractivity (Wildman–Crippen MR) is 74.6 cm³/mol. The molecule has 0 aliphatic rings. The highest BCUT2D eigenvalue weighted by molar-refractivity contribution is 9.10. The number of benzene rings is 1. The number of halogens is 2. The summed E-state index contributed by atoms with van der Waals surface area (Å²) in [6.07, 6.45) is 3.41. The maximum absolute atomic E-state index is 13.2. The Balaban J connectivity index is 2.68. The van der Waals surface area contributed by atoms with Crippen molar-refractivity contribution in [3.63, 3.8) is 0 Å². The first-order chi connectivity index (χ1) is 8.04. The molecule has 0 aliphatic carbocycles. The van der Waals surface area contributed by atoms with Gasteiger partial charge >= 0.3 is 0 Å². The van der Waals surface area contributed by atoms with Crippen LogP contribution >= 0.6 is 15.9 Å². The zero-order valence-electron chi connectivity index (χ0n) is 10.8. The van der Waals surface area contributed by atoms with Crippen LogP contribution in [0.1, 0.15) is 44.7 Å². The van der Waals surface area contributed by atoms with Gasteiger partial charge in [0.2, 0.25) is 0 Å². The molecule has 1 aromatic carbocycles. The minimum atomic E-state index is -0.174. The molecule has 0 fully saturated rings. The first-order valence-electron chi connectivity index (χ1n) is 6.16. The van der Waals surface area contributed by atoms with Gasteiger partial charge in [0.05, 0.1) is 0 Å². The molecule has 1 aromatic rings. The second kappa shape index (κ2) is 7.12. The fraction of sp³-hybridized carbons (Fsp3) is 0.571. The van der Waals surface area contributed by atoms with Crippen molar-refractivity contribution in [3.05, 3.63) is 34.1 Å². The van der Waals surface area contributed by atoms with E-state index in [1.165, 1.54) is 12.5 Å². The van der Waals surface area contributed by atoms with Crippen molar-refractivity contribution >= 4 is 15.9 Å². The molecule has 0 aromatic heterocycles. The number of hydrogen-bond donors (Lipinski definition) is 1. The van der Waals surface area contributed by atoms with E-state index in [1.807, 2.05) is 7.05 Å². The SMILES string of the molecule is CNC(CCCC(C)C)c1cc(F)ccc1Br. The Labute approximate surface area is 112 Å². The molecule has 1 unspecified atom stereocenters. The highest BCUT2D eigenvalue weighted by atomic mass is 79.9. The Hall–Kier alpha value is -0.410. The van der Waals surface area contributed by atoms with Crippen molar-refractivity contribution in [1.29, 1.82) is 0 Å². The third-order valence-corrected chi connectivity index (χ3v) is 3.68. The summed E-state index contributed by atoms with van der Waals surface area (Å²) in [5.41, 5.74) is 1.01. The summed E-state index contributed by atoms with van der Waals surface area (Å²) in [6.45, 7) is 4.46. The Morgan fingerprint density at radius 3 is 2.59 bits per heavy atom. The van der Waals surface area contributed by atoms with Crippen LogP contribution in [0, 0.1) is 11.7 Å². The van der Waals surface area contributed by atoms with E-state index in [0.29, 0.717) is 0 Å². The first-order valence-corrected chi connectivity index (χ1v) is 6.96. The van der Waals surface area contributed by atoms with Gasteiger partial charge in [0, 0.05) is 10.5 Å². The van der Waals surface area contributed by atoms with E-state index in [-0.39, 0.29) is 11.9 Å². The van der Waals surface area contributed by atoms with Crippen molar-refractivity contribution in [1.82, 2.24) is 5.32 Å². The third-order valence-electron chi connectivity index (χ3n) is 2.96. The number of hydrogen-bond acceptors (Lipinski definition) is 1. The van der Waals surface area contributed by atoms with Crippen molar-refractivity contribution in [3.8, 4) is 0 Å². The number of rotatable bonds is 6. The van der Waals surface area contributed by atoms with E-state index in [4.69, 9.17) is 0 Å². The van der Waals surface area contributed by atoms with Crippen LogP contribution in [-0.4, -0.2) is 7.05 Å².